The van der Waals surface area contributed by atoms with Crippen molar-refractivity contribution < 1.29 is 4.79 Å². The van der Waals surface area contributed by atoms with Gasteiger partial charge in [0.05, 0.1) is 0 Å². The third-order valence-corrected chi connectivity index (χ3v) is 1.78. The molecule has 1 radical (unpaired) electrons. The van der Waals surface area contributed by atoms with Gasteiger partial charge in [-0.3, -0.25) is 4.79 Å². The van der Waals surface area contributed by atoms with E-state index in [0.29, 0.717) is 0 Å². The zero-order valence-corrected chi connectivity index (χ0v) is 6.84. The van der Waals surface area contributed by atoms with Crippen LogP contribution in [0.5, 0.6) is 0 Å². The van der Waals surface area contributed by atoms with Crippen molar-refractivity contribution in [2.24, 2.45) is 0 Å². The summed E-state index contributed by atoms with van der Waals surface area (Å²) in [5, 5.41) is -0.227. The quantitative estimate of drug-likeness (QED) is 0.543. The third-order valence-electron chi connectivity index (χ3n) is 1.48. The Bertz CT molecular complexity index is 147. The van der Waals surface area contributed by atoms with Crippen molar-refractivity contribution in [3.63, 3.8) is 0 Å². The average molecular weight is 143 g/mol. The maximum absolute atomic E-state index is 10.5. The van der Waals surface area contributed by atoms with Gasteiger partial charge in [0.25, 0.3) is 0 Å². The van der Waals surface area contributed by atoms with E-state index in [0.717, 1.165) is 17.6 Å². The lowest BCUT2D eigenvalue weighted by Crippen LogP contribution is -1.91. The van der Waals surface area contributed by atoms with Gasteiger partial charge in [0, 0.05) is 5.57 Å². The normalized spacial score (nSPS) is 12.8. The van der Waals surface area contributed by atoms with Gasteiger partial charge in [-0.2, -0.15) is 0 Å². The molecule has 1 nitrogen and oxygen atoms in total. The van der Waals surface area contributed by atoms with Crippen LogP contribution in [0.25, 0.3) is 0 Å². The molecule has 0 saturated heterocycles. The molecule has 0 aliphatic rings. The lowest BCUT2D eigenvalue weighted by molar-refractivity contribution is -0.107. The molecule has 9 heavy (non-hydrogen) atoms. The number of carbonyl (C=O) groups excluding carboxylic acids is 1. The Labute approximate surface area is 61.6 Å². The largest absolute Gasteiger partial charge is 0.277 e. The molecule has 0 heterocycles. The second-order valence-electron chi connectivity index (χ2n) is 2.05. The number of carbonyl (C=O) groups is 1. The summed E-state index contributed by atoms with van der Waals surface area (Å²) < 4.78 is 0. The van der Waals surface area contributed by atoms with E-state index in [4.69, 9.17) is 0 Å². The molecule has 0 unspecified atom stereocenters. The number of hydrogen-bond acceptors (Lipinski definition) is 1. The van der Waals surface area contributed by atoms with Gasteiger partial charge in [-0.05, 0) is 32.9 Å². The summed E-state index contributed by atoms with van der Waals surface area (Å²) >= 11 is 4.45. The maximum Gasteiger partial charge on any atom is 0.245 e. The molecule has 51 valence electrons. The molecule has 0 rings (SSSR count). The van der Waals surface area contributed by atoms with Crippen LogP contribution >= 0.6 is 12.6 Å². The topological polar surface area (TPSA) is 17.1 Å². The summed E-state index contributed by atoms with van der Waals surface area (Å²) in [7, 11) is 0. The zero-order valence-electron chi connectivity index (χ0n) is 6.02. The van der Waals surface area contributed by atoms with Gasteiger partial charge in [0.15, 0.2) is 0 Å². The molecule has 0 aliphatic heterocycles. The van der Waals surface area contributed by atoms with Crippen LogP contribution in [-0.2, 0) is 4.79 Å². The Morgan fingerprint density at radius 3 is 2.00 bits per heavy atom. The molecule has 0 aromatic carbocycles. The van der Waals surface area contributed by atoms with Gasteiger partial charge in [0.2, 0.25) is 5.12 Å². The molecule has 0 aromatic heterocycles. The molecule has 0 fully saturated rings. The van der Waals surface area contributed by atoms with Crippen LogP contribution < -0.4 is 0 Å². The fraction of sp³-hybridized carbons (Fsp3) is 0.571. The van der Waals surface area contributed by atoms with Gasteiger partial charge in [-0.25, -0.2) is 0 Å². The Hall–Kier alpha value is -0.370. The van der Waals surface area contributed by atoms with Gasteiger partial charge in [-0.15, -0.1) is 0 Å². The summed E-state index contributed by atoms with van der Waals surface area (Å²) in [5.41, 5.74) is 1.82. The molecule has 0 amide bonds. The standard InChI is InChI=1S/C7H11OS/c1-4-5(2)6(3)7(8)9/h4H2,1-3H3. The van der Waals surface area contributed by atoms with Crippen LogP contribution in [0.1, 0.15) is 27.2 Å². The second-order valence-corrected chi connectivity index (χ2v) is 2.42. The summed E-state index contributed by atoms with van der Waals surface area (Å²) in [6, 6.07) is 0. The predicted molar refractivity (Wildman–Crippen MR) is 41.3 cm³/mol. The van der Waals surface area contributed by atoms with Gasteiger partial charge >= 0.3 is 0 Å². The van der Waals surface area contributed by atoms with E-state index in [-0.39, 0.29) is 5.12 Å². The molecule has 0 spiro atoms. The number of hydrogen-bond donors (Lipinski definition) is 0. The number of allylic oxidation sites excluding steroid dienone is 1. The van der Waals surface area contributed by atoms with Crippen LogP contribution in [0, 0.1) is 0 Å². The molecular weight excluding hydrogens is 132 g/mol. The van der Waals surface area contributed by atoms with Crippen LogP contribution in [-0.4, -0.2) is 5.12 Å². The Balaban J connectivity index is 4.28. The molecule has 0 N–H and O–H groups in total. The van der Waals surface area contributed by atoms with E-state index in [9.17, 15) is 4.79 Å². The highest BCUT2D eigenvalue weighted by Crippen LogP contribution is 2.08. The van der Waals surface area contributed by atoms with Crippen molar-refractivity contribution in [2.75, 3.05) is 0 Å². The van der Waals surface area contributed by atoms with Crippen molar-refractivity contribution in [3.05, 3.63) is 11.1 Å². The van der Waals surface area contributed by atoms with E-state index in [2.05, 4.69) is 12.6 Å². The van der Waals surface area contributed by atoms with Crippen LogP contribution in [0.2, 0.25) is 0 Å². The first kappa shape index (κ1) is 8.63. The fourth-order valence-corrected chi connectivity index (χ4v) is 0.614. The van der Waals surface area contributed by atoms with Crippen molar-refractivity contribution in [1.29, 1.82) is 0 Å². The lowest BCUT2D eigenvalue weighted by Gasteiger charge is -1.97. The lowest BCUT2D eigenvalue weighted by atomic mass is 10.1. The highest BCUT2D eigenvalue weighted by atomic mass is 32.1. The summed E-state index contributed by atoms with van der Waals surface area (Å²) in [6.45, 7) is 5.71. The second kappa shape index (κ2) is 3.62. The zero-order chi connectivity index (χ0) is 7.44. The molecule has 0 saturated carbocycles. The summed E-state index contributed by atoms with van der Waals surface area (Å²) in [6.07, 6.45) is 0.911. The smallest absolute Gasteiger partial charge is 0.245 e. The van der Waals surface area contributed by atoms with E-state index in [1.54, 1.807) is 6.92 Å². The Morgan fingerprint density at radius 1 is 1.44 bits per heavy atom. The summed E-state index contributed by atoms with van der Waals surface area (Å²) in [4.78, 5) is 10.5. The molecule has 0 atom stereocenters. The Kier molecular flexibility index (Phi) is 3.47. The minimum Gasteiger partial charge on any atom is -0.277 e. The molecule has 0 bridgehead atoms. The molecule has 0 aromatic rings. The van der Waals surface area contributed by atoms with Crippen molar-refractivity contribution in [2.45, 2.75) is 27.2 Å². The van der Waals surface area contributed by atoms with Crippen molar-refractivity contribution in [1.82, 2.24) is 0 Å². The van der Waals surface area contributed by atoms with E-state index in [1.807, 2.05) is 13.8 Å². The third kappa shape index (κ3) is 2.61. The monoisotopic (exact) mass is 143 g/mol. The van der Waals surface area contributed by atoms with Gasteiger partial charge in [0.1, 0.15) is 0 Å². The molecular formula is C7H11OS. The SMILES string of the molecule is CCC(C)=C(C)C(=O)[S]. The van der Waals surface area contributed by atoms with Crippen molar-refractivity contribution in [3.8, 4) is 0 Å². The highest BCUT2D eigenvalue weighted by Gasteiger charge is 2.00. The maximum atomic E-state index is 10.5. The molecule has 2 heteroatoms. The van der Waals surface area contributed by atoms with Gasteiger partial charge < -0.3 is 0 Å². The minimum absolute atomic E-state index is 0.227. The highest BCUT2D eigenvalue weighted by molar-refractivity contribution is 7.97. The van der Waals surface area contributed by atoms with Crippen LogP contribution in [0.3, 0.4) is 0 Å². The van der Waals surface area contributed by atoms with E-state index in [1.165, 1.54) is 0 Å². The van der Waals surface area contributed by atoms with E-state index >= 15 is 0 Å². The van der Waals surface area contributed by atoms with Crippen molar-refractivity contribution >= 4 is 17.7 Å². The number of rotatable bonds is 2. The average Bonchev–Trinajstić information content (AvgIpc) is 1.84. The van der Waals surface area contributed by atoms with Crippen LogP contribution in [0.4, 0.5) is 0 Å². The minimum atomic E-state index is -0.227. The van der Waals surface area contributed by atoms with Gasteiger partial charge in [-0.1, -0.05) is 12.5 Å². The van der Waals surface area contributed by atoms with E-state index < -0.39 is 0 Å². The first-order valence-corrected chi connectivity index (χ1v) is 3.38. The van der Waals surface area contributed by atoms with Crippen LogP contribution in [0.15, 0.2) is 11.1 Å². The predicted octanol–water partition coefficient (Wildman–Crippen LogP) is 2.46. The Morgan fingerprint density at radius 2 is 1.89 bits per heavy atom. The summed E-state index contributed by atoms with van der Waals surface area (Å²) in [5.74, 6) is 0. The fourth-order valence-electron chi connectivity index (χ4n) is 0.439. The first-order valence-electron chi connectivity index (χ1n) is 2.97. The first-order chi connectivity index (χ1) is 4.09. The molecule has 0 aliphatic carbocycles.